The highest BCUT2D eigenvalue weighted by molar-refractivity contribution is 8.00. The van der Waals surface area contributed by atoms with Gasteiger partial charge in [-0.15, -0.1) is 11.3 Å². The molecule has 1 heterocycles. The number of anilines is 1. The Balaban J connectivity index is 1.68. The van der Waals surface area contributed by atoms with Gasteiger partial charge in [0.2, 0.25) is 15.9 Å². The summed E-state index contributed by atoms with van der Waals surface area (Å²) >= 11 is 3.17. The number of amides is 1. The van der Waals surface area contributed by atoms with Crippen LogP contribution in [0.1, 0.15) is 5.56 Å². The van der Waals surface area contributed by atoms with E-state index in [1.54, 1.807) is 41.3 Å². The van der Waals surface area contributed by atoms with Crippen LogP contribution in [-0.4, -0.2) is 32.6 Å². The summed E-state index contributed by atoms with van der Waals surface area (Å²) in [5.41, 5.74) is 2.33. The minimum atomic E-state index is -3.46. The molecule has 0 spiro atoms. The van der Waals surface area contributed by atoms with E-state index < -0.39 is 10.0 Å². The van der Waals surface area contributed by atoms with Crippen LogP contribution in [0.4, 0.5) is 5.69 Å². The van der Waals surface area contributed by atoms with Crippen LogP contribution in [0.3, 0.4) is 0 Å². The summed E-state index contributed by atoms with van der Waals surface area (Å²) in [5, 5.41) is 2.82. The number of carbonyl (C=O) groups excluding carboxylic acids is 1. The van der Waals surface area contributed by atoms with Crippen LogP contribution in [-0.2, 0) is 14.8 Å². The molecule has 0 radical (unpaired) electrons. The van der Waals surface area contributed by atoms with Gasteiger partial charge in [0.25, 0.3) is 0 Å². The van der Waals surface area contributed by atoms with Gasteiger partial charge < -0.3 is 5.32 Å². The van der Waals surface area contributed by atoms with Crippen LogP contribution in [0.2, 0.25) is 0 Å². The van der Waals surface area contributed by atoms with Crippen molar-refractivity contribution in [3.63, 3.8) is 0 Å². The van der Waals surface area contributed by atoms with Gasteiger partial charge in [0, 0.05) is 11.8 Å². The van der Waals surface area contributed by atoms with E-state index in [2.05, 4.69) is 15.0 Å². The van der Waals surface area contributed by atoms with Crippen LogP contribution in [0.5, 0.6) is 0 Å². The molecule has 0 bridgehead atoms. The summed E-state index contributed by atoms with van der Waals surface area (Å²) in [7, 11) is -2.10. The molecule has 6 nitrogen and oxygen atoms in total. The normalized spacial score (nSPS) is 11.9. The lowest BCUT2D eigenvalue weighted by molar-refractivity contribution is -0.111. The van der Waals surface area contributed by atoms with Crippen molar-refractivity contribution in [3.05, 3.63) is 54.1 Å². The van der Waals surface area contributed by atoms with Crippen LogP contribution >= 0.6 is 23.1 Å². The molecule has 3 rings (SSSR count). The predicted molar refractivity (Wildman–Crippen MR) is 112 cm³/mol. The highest BCUT2D eigenvalue weighted by Crippen LogP contribution is 2.29. The van der Waals surface area contributed by atoms with Crippen molar-refractivity contribution in [3.8, 4) is 0 Å². The average Bonchev–Trinajstić information content (AvgIpc) is 3.09. The third-order valence-corrected chi connectivity index (χ3v) is 7.13. The Morgan fingerprint density at radius 1 is 1.19 bits per heavy atom. The Morgan fingerprint density at radius 3 is 2.59 bits per heavy atom. The highest BCUT2D eigenvalue weighted by atomic mass is 32.2. The van der Waals surface area contributed by atoms with Crippen molar-refractivity contribution in [2.75, 3.05) is 18.6 Å². The second-order valence-electron chi connectivity index (χ2n) is 5.47. The average molecular weight is 420 g/mol. The van der Waals surface area contributed by atoms with Crippen LogP contribution in [0, 0.1) is 0 Å². The second kappa shape index (κ2) is 8.22. The van der Waals surface area contributed by atoms with Crippen molar-refractivity contribution in [1.82, 2.24) is 9.71 Å². The number of sulfonamides is 1. The maximum Gasteiger partial charge on any atom is 0.248 e. The lowest BCUT2D eigenvalue weighted by Gasteiger charge is -2.03. The van der Waals surface area contributed by atoms with E-state index in [1.807, 2.05) is 24.5 Å². The van der Waals surface area contributed by atoms with Crippen molar-refractivity contribution in [2.45, 2.75) is 9.24 Å². The molecule has 0 aliphatic heterocycles. The molecule has 2 aromatic carbocycles. The summed E-state index contributed by atoms with van der Waals surface area (Å²) in [6.07, 6.45) is 5.01. The first-order valence-electron chi connectivity index (χ1n) is 7.88. The molecule has 3 aromatic rings. The van der Waals surface area contributed by atoms with Gasteiger partial charge in [0.1, 0.15) is 0 Å². The fourth-order valence-corrected chi connectivity index (χ4v) is 4.56. The first-order valence-corrected chi connectivity index (χ1v) is 11.4. The molecule has 9 heteroatoms. The van der Waals surface area contributed by atoms with Crippen molar-refractivity contribution < 1.29 is 13.2 Å². The number of hydrogen-bond acceptors (Lipinski definition) is 6. The van der Waals surface area contributed by atoms with E-state index in [0.717, 1.165) is 20.1 Å². The minimum Gasteiger partial charge on any atom is -0.322 e. The molecule has 0 aliphatic rings. The number of thiazole rings is 1. The maximum atomic E-state index is 12.1. The molecule has 140 valence electrons. The first-order chi connectivity index (χ1) is 12.9. The van der Waals surface area contributed by atoms with Gasteiger partial charge in [-0.25, -0.2) is 18.1 Å². The molecular formula is C18H17N3O3S3. The standard InChI is InChI=1S/C18H17N3O3S3/c1-19-27(23,24)14-7-3-12(4-8-14)5-10-17(22)20-13-6-9-15-16(11-13)26-18(21-15)25-2/h3-11,19H,1-2H3,(H,20,22)/b10-5+. The van der Waals surface area contributed by atoms with Crippen LogP contribution in [0.15, 0.2) is 57.8 Å². The fraction of sp³-hybridized carbons (Fsp3) is 0.111. The minimum absolute atomic E-state index is 0.175. The third kappa shape index (κ3) is 4.75. The number of nitrogens with one attached hydrogen (secondary N) is 2. The zero-order valence-electron chi connectivity index (χ0n) is 14.6. The molecule has 2 N–H and O–H groups in total. The quantitative estimate of drug-likeness (QED) is 0.471. The van der Waals surface area contributed by atoms with E-state index in [9.17, 15) is 13.2 Å². The second-order valence-corrected chi connectivity index (χ2v) is 9.44. The topological polar surface area (TPSA) is 88.2 Å². The maximum absolute atomic E-state index is 12.1. The zero-order chi connectivity index (χ0) is 19.4. The van der Waals surface area contributed by atoms with Gasteiger partial charge in [-0.1, -0.05) is 23.9 Å². The Morgan fingerprint density at radius 2 is 1.93 bits per heavy atom. The highest BCUT2D eigenvalue weighted by Gasteiger charge is 2.10. The number of thioether (sulfide) groups is 1. The fourth-order valence-electron chi connectivity index (χ4n) is 2.30. The number of carbonyl (C=O) groups is 1. The number of nitrogens with zero attached hydrogens (tertiary/aromatic N) is 1. The molecule has 1 aromatic heterocycles. The number of rotatable bonds is 6. The lowest BCUT2D eigenvalue weighted by Crippen LogP contribution is -2.18. The lowest BCUT2D eigenvalue weighted by atomic mass is 10.2. The van der Waals surface area contributed by atoms with Gasteiger partial charge in [0.05, 0.1) is 15.1 Å². The molecule has 0 atom stereocenters. The summed E-state index contributed by atoms with van der Waals surface area (Å²) in [6, 6.07) is 11.9. The van der Waals surface area contributed by atoms with E-state index >= 15 is 0 Å². The largest absolute Gasteiger partial charge is 0.322 e. The Bertz CT molecular complexity index is 1100. The van der Waals surface area contributed by atoms with Crippen LogP contribution in [0.25, 0.3) is 16.3 Å². The number of hydrogen-bond donors (Lipinski definition) is 2. The van der Waals surface area contributed by atoms with Gasteiger partial charge in [-0.05, 0) is 55.3 Å². The van der Waals surface area contributed by atoms with Crippen molar-refractivity contribution in [1.29, 1.82) is 0 Å². The Labute approximate surface area is 165 Å². The first kappa shape index (κ1) is 19.6. The third-order valence-electron chi connectivity index (χ3n) is 3.70. The van der Waals surface area contributed by atoms with Crippen molar-refractivity contribution >= 4 is 61.0 Å². The summed E-state index contributed by atoms with van der Waals surface area (Å²) < 4.78 is 27.7. The Kier molecular flexibility index (Phi) is 5.95. The van der Waals surface area contributed by atoms with Crippen molar-refractivity contribution in [2.24, 2.45) is 0 Å². The summed E-state index contributed by atoms with van der Waals surface area (Å²) in [5.74, 6) is -0.268. The summed E-state index contributed by atoms with van der Waals surface area (Å²) in [6.45, 7) is 0. The number of aromatic nitrogens is 1. The zero-order valence-corrected chi connectivity index (χ0v) is 17.0. The Hall–Kier alpha value is -2.20. The smallest absolute Gasteiger partial charge is 0.248 e. The summed E-state index contributed by atoms with van der Waals surface area (Å²) in [4.78, 5) is 16.8. The van der Waals surface area contributed by atoms with E-state index in [1.165, 1.54) is 25.3 Å². The van der Waals surface area contributed by atoms with E-state index in [-0.39, 0.29) is 10.8 Å². The molecule has 0 unspecified atom stereocenters. The monoisotopic (exact) mass is 419 g/mol. The van der Waals surface area contributed by atoms with Gasteiger partial charge >= 0.3 is 0 Å². The molecule has 0 saturated heterocycles. The molecule has 0 saturated carbocycles. The van der Waals surface area contributed by atoms with E-state index in [4.69, 9.17) is 0 Å². The number of benzene rings is 2. The SMILES string of the molecule is CNS(=O)(=O)c1ccc(/C=C/C(=O)Nc2ccc3nc(SC)sc3c2)cc1. The van der Waals surface area contributed by atoms with Crippen LogP contribution < -0.4 is 10.0 Å². The molecule has 0 fully saturated rings. The van der Waals surface area contributed by atoms with Gasteiger partial charge in [0.15, 0.2) is 4.34 Å². The van der Waals surface area contributed by atoms with Gasteiger partial charge in [-0.2, -0.15) is 0 Å². The predicted octanol–water partition coefficient (Wildman–Crippen LogP) is 3.58. The molecule has 1 amide bonds. The molecular weight excluding hydrogens is 402 g/mol. The van der Waals surface area contributed by atoms with E-state index in [0.29, 0.717) is 5.69 Å². The number of fused-ring (bicyclic) bond motifs is 1. The molecule has 0 aliphatic carbocycles. The molecule has 27 heavy (non-hydrogen) atoms. The van der Waals surface area contributed by atoms with Gasteiger partial charge in [-0.3, -0.25) is 4.79 Å².